The number of benzene rings is 2. The molecule has 1 saturated heterocycles. The topological polar surface area (TPSA) is 94.6 Å². The molecule has 0 atom stereocenters. The molecule has 2 aromatic rings. The van der Waals surface area contributed by atoms with E-state index in [1.807, 2.05) is 30.3 Å². The Kier molecular flexibility index (Phi) is 7.43. The molecule has 158 valence electrons. The first kappa shape index (κ1) is 21.4. The molecular weight excluding hydrogens is 378 g/mol. The fourth-order valence-corrected chi connectivity index (χ4v) is 2.99. The van der Waals surface area contributed by atoms with Crippen LogP contribution >= 0.6 is 0 Å². The Morgan fingerprint density at radius 3 is 2.43 bits per heavy atom. The van der Waals surface area contributed by atoms with Crippen LogP contribution in [0.2, 0.25) is 0 Å². The number of nitrogens with one attached hydrogen (secondary N) is 4. The van der Waals surface area contributed by atoms with Gasteiger partial charge in [0.2, 0.25) is 0 Å². The van der Waals surface area contributed by atoms with Crippen molar-refractivity contribution in [2.45, 2.75) is 26.7 Å². The van der Waals surface area contributed by atoms with Crippen LogP contribution in [0, 0.1) is 5.92 Å². The Labute approximate surface area is 177 Å². The van der Waals surface area contributed by atoms with E-state index in [9.17, 15) is 9.59 Å². The minimum atomic E-state index is -0.293. The monoisotopic (exact) mass is 407 g/mol. The summed E-state index contributed by atoms with van der Waals surface area (Å²) in [6, 6.07) is 14.5. The summed E-state index contributed by atoms with van der Waals surface area (Å²) >= 11 is 0. The Balaban J connectivity index is 1.60. The van der Waals surface area contributed by atoms with Crippen LogP contribution in [-0.2, 0) is 0 Å². The number of nitrogens with zero attached hydrogens (tertiary/aromatic N) is 1. The van der Waals surface area contributed by atoms with E-state index in [0.29, 0.717) is 29.5 Å². The standard InChI is InChI=1S/C23H29N5O2/c1-16(2)11-14-24-21(29)18-5-3-6-20(15-18)27-19-9-7-17(8-10-19)22(30)28-23-25-12-4-13-26-23/h3,5-10,15-16,27H,4,11-14H2,1-2H3,(H,24,29)(H2,25,26,28,30). The first-order chi connectivity index (χ1) is 14.5. The minimum absolute atomic E-state index is 0.0794. The molecule has 0 unspecified atom stereocenters. The van der Waals surface area contributed by atoms with Crippen molar-refractivity contribution in [1.82, 2.24) is 16.0 Å². The van der Waals surface area contributed by atoms with Gasteiger partial charge in [-0.25, -0.2) is 0 Å². The van der Waals surface area contributed by atoms with Crippen molar-refractivity contribution in [3.8, 4) is 0 Å². The van der Waals surface area contributed by atoms with Gasteiger partial charge in [-0.3, -0.25) is 9.59 Å². The van der Waals surface area contributed by atoms with Crippen molar-refractivity contribution in [3.63, 3.8) is 0 Å². The molecule has 7 heteroatoms. The third-order valence-electron chi connectivity index (χ3n) is 4.70. The summed E-state index contributed by atoms with van der Waals surface area (Å²) in [7, 11) is 0. The number of anilines is 2. The highest BCUT2D eigenvalue weighted by Gasteiger charge is 2.10. The van der Waals surface area contributed by atoms with E-state index in [1.165, 1.54) is 0 Å². The van der Waals surface area contributed by atoms with Crippen molar-refractivity contribution >= 4 is 29.1 Å². The summed E-state index contributed by atoms with van der Waals surface area (Å²) in [6.45, 7) is 6.56. The molecule has 0 spiro atoms. The Bertz CT molecular complexity index is 898. The molecule has 1 aliphatic rings. The molecule has 4 N–H and O–H groups in total. The summed E-state index contributed by atoms with van der Waals surface area (Å²) < 4.78 is 0. The fraction of sp³-hybridized carbons (Fsp3) is 0.348. The van der Waals surface area contributed by atoms with E-state index in [2.05, 4.69) is 40.1 Å². The maximum Gasteiger partial charge on any atom is 0.280 e. The van der Waals surface area contributed by atoms with Crippen molar-refractivity contribution in [1.29, 1.82) is 0 Å². The van der Waals surface area contributed by atoms with Crippen molar-refractivity contribution < 1.29 is 9.59 Å². The largest absolute Gasteiger partial charge is 0.356 e. The molecule has 0 aromatic heterocycles. The summed E-state index contributed by atoms with van der Waals surface area (Å²) in [5, 5.41) is 12.4. The van der Waals surface area contributed by atoms with Gasteiger partial charge in [0, 0.05) is 42.1 Å². The van der Waals surface area contributed by atoms with E-state index in [0.717, 1.165) is 37.3 Å². The summed E-state index contributed by atoms with van der Waals surface area (Å²) in [4.78, 5) is 28.7. The summed E-state index contributed by atoms with van der Waals surface area (Å²) in [5.74, 6) is 0.703. The van der Waals surface area contributed by atoms with Crippen LogP contribution in [0.1, 0.15) is 47.4 Å². The highest BCUT2D eigenvalue weighted by atomic mass is 16.2. The third kappa shape index (κ3) is 6.34. The fourth-order valence-electron chi connectivity index (χ4n) is 2.99. The van der Waals surface area contributed by atoms with Gasteiger partial charge in [0.05, 0.1) is 0 Å². The van der Waals surface area contributed by atoms with Crippen molar-refractivity contribution in [3.05, 3.63) is 59.7 Å². The van der Waals surface area contributed by atoms with Gasteiger partial charge in [-0.15, -0.1) is 0 Å². The van der Waals surface area contributed by atoms with Gasteiger partial charge in [0.25, 0.3) is 11.8 Å². The van der Waals surface area contributed by atoms with Crippen molar-refractivity contribution in [2.75, 3.05) is 25.0 Å². The van der Waals surface area contributed by atoms with Crippen LogP contribution in [0.3, 0.4) is 0 Å². The average molecular weight is 408 g/mol. The zero-order valence-corrected chi connectivity index (χ0v) is 17.5. The Hall–Kier alpha value is -3.35. The van der Waals surface area contributed by atoms with Crippen molar-refractivity contribution in [2.24, 2.45) is 10.9 Å². The molecule has 0 saturated carbocycles. The van der Waals surface area contributed by atoms with Crippen LogP contribution in [-0.4, -0.2) is 37.4 Å². The van der Waals surface area contributed by atoms with Gasteiger partial charge in [-0.05, 0) is 61.2 Å². The van der Waals surface area contributed by atoms with Gasteiger partial charge < -0.3 is 21.3 Å². The van der Waals surface area contributed by atoms with Crippen LogP contribution in [0.4, 0.5) is 11.4 Å². The van der Waals surface area contributed by atoms with Crippen LogP contribution in [0.15, 0.2) is 53.5 Å². The maximum absolute atomic E-state index is 12.3. The molecule has 30 heavy (non-hydrogen) atoms. The second-order valence-electron chi connectivity index (χ2n) is 7.69. The molecule has 1 aliphatic heterocycles. The summed E-state index contributed by atoms with van der Waals surface area (Å²) in [5.41, 5.74) is 2.76. The predicted octanol–water partition coefficient (Wildman–Crippen LogP) is 3.29. The first-order valence-electron chi connectivity index (χ1n) is 10.4. The second-order valence-corrected chi connectivity index (χ2v) is 7.69. The number of aliphatic imine (C=N–C) groups is 1. The van der Waals surface area contributed by atoms with Crippen LogP contribution < -0.4 is 21.3 Å². The normalized spacial score (nSPS) is 13.2. The van der Waals surface area contributed by atoms with E-state index in [4.69, 9.17) is 0 Å². The number of carbonyl (C=O) groups is 2. The number of guanidine groups is 1. The molecule has 1 fully saturated rings. The van der Waals surface area contributed by atoms with Gasteiger partial charge in [0.1, 0.15) is 0 Å². The number of carbonyl (C=O) groups excluding carboxylic acids is 2. The van der Waals surface area contributed by atoms with E-state index in [1.54, 1.807) is 18.2 Å². The smallest absolute Gasteiger partial charge is 0.280 e. The Morgan fingerprint density at radius 1 is 1.00 bits per heavy atom. The number of rotatable bonds is 7. The molecule has 0 aliphatic carbocycles. The molecule has 0 radical (unpaired) electrons. The third-order valence-corrected chi connectivity index (χ3v) is 4.70. The highest BCUT2D eigenvalue weighted by Crippen LogP contribution is 2.19. The average Bonchev–Trinajstić information content (AvgIpc) is 2.75. The molecule has 3 rings (SSSR count). The lowest BCUT2D eigenvalue weighted by Gasteiger charge is -2.16. The zero-order chi connectivity index (χ0) is 21.3. The molecule has 2 aromatic carbocycles. The highest BCUT2D eigenvalue weighted by molar-refractivity contribution is 6.03. The van der Waals surface area contributed by atoms with Gasteiger partial charge in [0.15, 0.2) is 5.96 Å². The zero-order valence-electron chi connectivity index (χ0n) is 17.5. The second kappa shape index (κ2) is 10.4. The van der Waals surface area contributed by atoms with Gasteiger partial charge >= 0.3 is 0 Å². The Morgan fingerprint density at radius 2 is 1.73 bits per heavy atom. The van der Waals surface area contributed by atoms with E-state index >= 15 is 0 Å². The lowest BCUT2D eigenvalue weighted by atomic mass is 10.1. The number of hydrogen-bond donors (Lipinski definition) is 4. The lowest BCUT2D eigenvalue weighted by molar-refractivity contribution is 0.0950. The van der Waals surface area contributed by atoms with E-state index < -0.39 is 0 Å². The minimum Gasteiger partial charge on any atom is -0.356 e. The predicted molar refractivity (Wildman–Crippen MR) is 120 cm³/mol. The van der Waals surface area contributed by atoms with Gasteiger partial charge in [-0.1, -0.05) is 19.9 Å². The number of hydrogen-bond acceptors (Lipinski definition) is 3. The quantitative estimate of drug-likeness (QED) is 0.565. The van der Waals surface area contributed by atoms with E-state index in [-0.39, 0.29) is 11.8 Å². The maximum atomic E-state index is 12.3. The molecule has 1 heterocycles. The molecule has 0 bridgehead atoms. The van der Waals surface area contributed by atoms with Gasteiger partial charge in [-0.2, -0.15) is 4.99 Å². The summed E-state index contributed by atoms with van der Waals surface area (Å²) in [6.07, 6.45) is 1.96. The molecule has 7 nitrogen and oxygen atoms in total. The lowest BCUT2D eigenvalue weighted by Crippen LogP contribution is -2.44. The first-order valence-corrected chi connectivity index (χ1v) is 10.4. The van der Waals surface area contributed by atoms with Crippen LogP contribution in [0.5, 0.6) is 0 Å². The molecule has 2 amide bonds. The number of amides is 2. The SMILES string of the molecule is CC(C)CCNC(=O)c1cccc(Nc2ccc(C(=O)N=C3NCCCN3)cc2)c1. The molecular formula is C23H29N5O2. The van der Waals surface area contributed by atoms with Crippen LogP contribution in [0.25, 0.3) is 0 Å².